The molecule has 1 aromatic rings. The van der Waals surface area contributed by atoms with Crippen molar-refractivity contribution in [3.05, 3.63) is 52.3 Å². The van der Waals surface area contributed by atoms with E-state index in [2.05, 4.69) is 31.9 Å². The molecule has 0 amide bonds. The normalized spacial score (nSPS) is 49.0. The van der Waals surface area contributed by atoms with E-state index in [4.69, 9.17) is 139 Å². The third-order valence-electron chi connectivity index (χ3n) is 8.17. The maximum absolute atomic E-state index is 7.30. The van der Waals surface area contributed by atoms with Crippen molar-refractivity contribution >= 4 is 171 Å². The summed E-state index contributed by atoms with van der Waals surface area (Å²) < 4.78 is -2.19. The van der Waals surface area contributed by atoms with Gasteiger partial charge in [0.25, 0.3) is 0 Å². The van der Waals surface area contributed by atoms with Crippen molar-refractivity contribution in [2.45, 2.75) is 40.0 Å². The summed E-state index contributed by atoms with van der Waals surface area (Å²) in [5, 5.41) is 0.192. The molecule has 0 heterocycles. The number of allylic oxidation sites excluding steroid dienone is 4. The molecule has 6 rings (SSSR count). The van der Waals surface area contributed by atoms with Gasteiger partial charge < -0.3 is 0 Å². The molecule has 5 aliphatic rings. The number of fused-ring (bicyclic) bond motifs is 14. The molecule has 0 N–H and O–H groups in total. The van der Waals surface area contributed by atoms with Gasteiger partial charge in [0.1, 0.15) is 19.5 Å². The van der Waals surface area contributed by atoms with E-state index >= 15 is 0 Å². The van der Waals surface area contributed by atoms with Gasteiger partial charge in [-0.15, -0.1) is 46.4 Å². The number of hydrogen-bond donors (Lipinski definition) is 0. The first-order valence-electron chi connectivity index (χ1n) is 9.53. The average Bonchev–Trinajstić information content (AvgIpc) is 3.09. The molecule has 4 bridgehead atoms. The maximum Gasteiger partial charge on any atom is 0.167 e. The molecule has 14 heteroatoms. The van der Waals surface area contributed by atoms with Crippen LogP contribution in [0.25, 0.3) is 0 Å². The molecule has 5 aliphatic carbocycles. The van der Waals surface area contributed by atoms with Crippen LogP contribution in [0.1, 0.15) is 23.0 Å². The fraction of sp³-hybridized carbons (Fsp3) is 0.500. The van der Waals surface area contributed by atoms with E-state index < -0.39 is 51.8 Å². The number of hydrogen-bond acceptors (Lipinski definition) is 0. The molecule has 34 heavy (non-hydrogen) atoms. The molecular formula is C20H6Br2Cl12. The highest BCUT2D eigenvalue weighted by Gasteiger charge is 2.91. The molecule has 0 aliphatic heterocycles. The number of rotatable bonds is 0. The molecule has 1 aromatic carbocycles. The summed E-state index contributed by atoms with van der Waals surface area (Å²) in [4.78, 5) is -6.50. The fourth-order valence-corrected chi connectivity index (χ4v) is 13.7. The van der Waals surface area contributed by atoms with E-state index in [1.807, 2.05) is 12.1 Å². The predicted molar refractivity (Wildman–Crippen MR) is 155 cm³/mol. The van der Waals surface area contributed by atoms with Crippen molar-refractivity contribution in [3.8, 4) is 0 Å². The molecule has 8 atom stereocenters. The van der Waals surface area contributed by atoms with Crippen LogP contribution in [0.15, 0.2) is 41.2 Å². The van der Waals surface area contributed by atoms with Gasteiger partial charge in [-0.1, -0.05) is 92.8 Å². The van der Waals surface area contributed by atoms with Crippen molar-refractivity contribution in [2.75, 3.05) is 0 Å². The van der Waals surface area contributed by atoms with E-state index in [9.17, 15) is 0 Å². The van der Waals surface area contributed by atoms with Gasteiger partial charge in [-0.25, -0.2) is 0 Å². The SMILES string of the molecule is ClC1=C(Cl)C2(Cl)C3C(c4cc(Br)c(Br)cc4C4C3C3(Cl)C(Cl)=C(Cl)C4(Cl)C3(Cl)Cl)C1(Cl)C2(Cl)Cl. The highest BCUT2D eigenvalue weighted by Crippen LogP contribution is 2.88. The van der Waals surface area contributed by atoms with Crippen LogP contribution in [0.2, 0.25) is 0 Å². The minimum absolute atomic E-state index is 0.0306. The van der Waals surface area contributed by atoms with Crippen molar-refractivity contribution in [1.82, 2.24) is 0 Å². The van der Waals surface area contributed by atoms with E-state index in [1.165, 1.54) is 0 Å². The molecule has 184 valence electrons. The van der Waals surface area contributed by atoms with Crippen LogP contribution in [0.3, 0.4) is 0 Å². The van der Waals surface area contributed by atoms with Crippen molar-refractivity contribution < 1.29 is 0 Å². The van der Waals surface area contributed by atoms with Crippen LogP contribution in [0.4, 0.5) is 0 Å². The van der Waals surface area contributed by atoms with Gasteiger partial charge in [0.2, 0.25) is 0 Å². The topological polar surface area (TPSA) is 0 Å². The molecule has 0 spiro atoms. The second-order valence-corrected chi connectivity index (χ2v) is 17.4. The summed E-state index contributed by atoms with van der Waals surface area (Å²) >= 11 is 91.0. The average molecular weight is 832 g/mol. The zero-order valence-electron chi connectivity index (χ0n) is 15.8. The second-order valence-electron chi connectivity index (χ2n) is 9.15. The third kappa shape index (κ3) is 2.38. The number of halogens is 14. The minimum Gasteiger partial charge on any atom is -0.109 e. The molecule has 8 unspecified atom stereocenters. The maximum atomic E-state index is 7.30. The van der Waals surface area contributed by atoms with E-state index in [-0.39, 0.29) is 20.1 Å². The molecule has 0 radical (unpaired) electrons. The Bertz CT molecular complexity index is 1190. The van der Waals surface area contributed by atoms with E-state index in [1.54, 1.807) is 0 Å². The zero-order chi connectivity index (χ0) is 25.3. The molecule has 2 fully saturated rings. The third-order valence-corrected chi connectivity index (χ3v) is 18.6. The Morgan fingerprint density at radius 3 is 1.06 bits per heavy atom. The lowest BCUT2D eigenvalue weighted by Crippen LogP contribution is -2.53. The fourth-order valence-electron chi connectivity index (χ4n) is 6.89. The first-order valence-corrected chi connectivity index (χ1v) is 15.7. The predicted octanol–water partition coefficient (Wildman–Crippen LogP) is 11.3. The van der Waals surface area contributed by atoms with Crippen LogP contribution >= 0.6 is 171 Å². The molecular weight excluding hydrogens is 825 g/mol. The summed E-state index contributed by atoms with van der Waals surface area (Å²) in [6, 6.07) is 3.77. The lowest BCUT2D eigenvalue weighted by atomic mass is 9.57. The van der Waals surface area contributed by atoms with Gasteiger partial charge in [0, 0.05) is 32.6 Å². The van der Waals surface area contributed by atoms with Gasteiger partial charge in [0.15, 0.2) is 8.67 Å². The molecule has 0 saturated heterocycles. The smallest absolute Gasteiger partial charge is 0.109 e. The molecule has 0 nitrogen and oxygen atoms in total. The van der Waals surface area contributed by atoms with Gasteiger partial charge in [-0.2, -0.15) is 0 Å². The molecule has 0 aromatic heterocycles. The first kappa shape index (κ1) is 27.3. The number of benzene rings is 1. The Morgan fingerprint density at radius 2 is 0.765 bits per heavy atom. The highest BCUT2D eigenvalue weighted by molar-refractivity contribution is 9.13. The summed E-state index contributed by atoms with van der Waals surface area (Å²) in [6.45, 7) is 0. The second kappa shape index (κ2) is 7.50. The Balaban J connectivity index is 1.80. The standard InChI is InChI=1S/C20H6Br2Cl12/c21-5-1-3-4(2-6(5)22)8-10(18(30)14(26)12(24)16(8,28)20(18,33)34)9-7(3)15(27)11(23)13(25)17(9,29)19(15,31)32/h1-2,7-10H. The van der Waals surface area contributed by atoms with Crippen LogP contribution in [-0.2, 0) is 0 Å². The minimum atomic E-state index is -1.84. The monoisotopic (exact) mass is 824 g/mol. The van der Waals surface area contributed by atoms with Crippen LogP contribution in [-0.4, -0.2) is 28.2 Å². The Morgan fingerprint density at radius 1 is 0.500 bits per heavy atom. The van der Waals surface area contributed by atoms with Gasteiger partial charge in [-0.3, -0.25) is 0 Å². The highest BCUT2D eigenvalue weighted by atomic mass is 79.9. The van der Waals surface area contributed by atoms with Crippen LogP contribution in [0, 0.1) is 11.8 Å². The van der Waals surface area contributed by atoms with E-state index in [0.717, 1.165) is 20.1 Å². The van der Waals surface area contributed by atoms with Gasteiger partial charge in [-0.05, 0) is 55.1 Å². The summed E-state index contributed by atoms with van der Waals surface area (Å²) in [5.41, 5.74) is 1.48. The van der Waals surface area contributed by atoms with Crippen molar-refractivity contribution in [2.24, 2.45) is 11.8 Å². The van der Waals surface area contributed by atoms with Gasteiger partial charge in [0.05, 0.1) is 20.1 Å². The zero-order valence-corrected chi connectivity index (χ0v) is 28.0. The largest absolute Gasteiger partial charge is 0.167 e. The summed E-state index contributed by atoms with van der Waals surface area (Å²) in [6.07, 6.45) is 0. The van der Waals surface area contributed by atoms with Crippen molar-refractivity contribution in [1.29, 1.82) is 0 Å². The lowest BCUT2D eigenvalue weighted by molar-refractivity contribution is 0.201. The summed E-state index contributed by atoms with van der Waals surface area (Å²) in [5.74, 6) is -2.76. The summed E-state index contributed by atoms with van der Waals surface area (Å²) in [7, 11) is 0. The Kier molecular flexibility index (Phi) is 6.03. The first-order chi connectivity index (χ1) is 15.4. The number of alkyl halides is 8. The lowest BCUT2D eigenvalue weighted by Gasteiger charge is -2.52. The molecule has 2 saturated carbocycles. The Hall–Kier alpha value is 3.14. The van der Waals surface area contributed by atoms with Gasteiger partial charge >= 0.3 is 0 Å². The van der Waals surface area contributed by atoms with Crippen LogP contribution < -0.4 is 0 Å². The quantitative estimate of drug-likeness (QED) is 0.229. The van der Waals surface area contributed by atoms with E-state index in [0.29, 0.717) is 0 Å². The Labute approximate surface area is 272 Å². The van der Waals surface area contributed by atoms with Crippen molar-refractivity contribution in [3.63, 3.8) is 0 Å². The van der Waals surface area contributed by atoms with Crippen LogP contribution in [0.5, 0.6) is 0 Å².